The number of hydrogen-bond acceptors (Lipinski definition) is 4. The molecule has 0 unspecified atom stereocenters. The quantitative estimate of drug-likeness (QED) is 0.696. The molecule has 5 nitrogen and oxygen atoms in total. The van der Waals surface area contributed by atoms with Gasteiger partial charge >= 0.3 is 5.97 Å². The molecule has 3 rings (SSSR count). The van der Waals surface area contributed by atoms with E-state index >= 15 is 0 Å². The van der Waals surface area contributed by atoms with E-state index in [1.165, 1.54) is 39.2 Å². The number of hydrogen-bond donors (Lipinski definition) is 1. The Morgan fingerprint density at radius 3 is 2.82 bits per heavy atom. The molecular formula is C17H21N3O2. The lowest BCUT2D eigenvalue weighted by atomic mass is 9.95. The van der Waals surface area contributed by atoms with Crippen LogP contribution in [0.1, 0.15) is 48.5 Å². The van der Waals surface area contributed by atoms with Crippen molar-refractivity contribution in [1.82, 2.24) is 9.78 Å². The standard InChI is InChI=1S/C17H21N3O2/c1-22-17(21)16-9-13(18)7-8-15(16)12-10-19-20(11-12)14-5-3-2-4-6-14/h7-11,14H,2-6,18H2,1H3. The second-order valence-corrected chi connectivity index (χ2v) is 5.80. The van der Waals surface area contributed by atoms with Crippen molar-refractivity contribution >= 4 is 11.7 Å². The summed E-state index contributed by atoms with van der Waals surface area (Å²) in [4.78, 5) is 12.0. The van der Waals surface area contributed by atoms with Crippen molar-refractivity contribution in [2.45, 2.75) is 38.1 Å². The number of benzene rings is 1. The van der Waals surface area contributed by atoms with Gasteiger partial charge in [0.15, 0.2) is 0 Å². The molecule has 116 valence electrons. The Hall–Kier alpha value is -2.30. The number of nitrogen functional groups attached to an aromatic ring is 1. The summed E-state index contributed by atoms with van der Waals surface area (Å²) < 4.78 is 6.89. The molecule has 22 heavy (non-hydrogen) atoms. The molecule has 1 heterocycles. The first-order chi connectivity index (χ1) is 10.7. The Kier molecular flexibility index (Phi) is 4.13. The molecule has 5 heteroatoms. The van der Waals surface area contributed by atoms with Crippen LogP contribution in [0.2, 0.25) is 0 Å². The number of ether oxygens (including phenoxy) is 1. The zero-order valence-corrected chi connectivity index (χ0v) is 12.8. The summed E-state index contributed by atoms with van der Waals surface area (Å²) in [6, 6.07) is 5.76. The normalized spacial score (nSPS) is 15.7. The van der Waals surface area contributed by atoms with Crippen molar-refractivity contribution in [2.24, 2.45) is 0 Å². The highest BCUT2D eigenvalue weighted by atomic mass is 16.5. The minimum absolute atomic E-state index is 0.382. The molecule has 1 aliphatic carbocycles. The van der Waals surface area contributed by atoms with E-state index in [2.05, 4.69) is 5.10 Å². The van der Waals surface area contributed by atoms with E-state index < -0.39 is 0 Å². The van der Waals surface area contributed by atoms with Crippen LogP contribution in [-0.2, 0) is 4.74 Å². The summed E-state index contributed by atoms with van der Waals surface area (Å²) in [7, 11) is 1.38. The summed E-state index contributed by atoms with van der Waals surface area (Å²) in [5.74, 6) is -0.382. The molecule has 0 atom stereocenters. The molecule has 1 aliphatic rings. The van der Waals surface area contributed by atoms with E-state index in [1.54, 1.807) is 12.1 Å². The third-order valence-corrected chi connectivity index (χ3v) is 4.31. The molecule has 0 radical (unpaired) electrons. The van der Waals surface area contributed by atoms with Gasteiger partial charge < -0.3 is 10.5 Å². The van der Waals surface area contributed by atoms with E-state index in [9.17, 15) is 4.79 Å². The van der Waals surface area contributed by atoms with E-state index in [0.29, 0.717) is 17.3 Å². The van der Waals surface area contributed by atoms with Crippen molar-refractivity contribution in [3.63, 3.8) is 0 Å². The van der Waals surface area contributed by atoms with Crippen LogP contribution in [0.5, 0.6) is 0 Å². The van der Waals surface area contributed by atoms with Gasteiger partial charge in [0.05, 0.1) is 24.9 Å². The van der Waals surface area contributed by atoms with Gasteiger partial charge in [-0.1, -0.05) is 25.3 Å². The SMILES string of the molecule is COC(=O)c1cc(N)ccc1-c1cnn(C2CCCCC2)c1. The molecule has 1 aromatic carbocycles. The van der Waals surface area contributed by atoms with Crippen LogP contribution >= 0.6 is 0 Å². The number of anilines is 1. The van der Waals surface area contributed by atoms with Crippen LogP contribution < -0.4 is 5.73 Å². The van der Waals surface area contributed by atoms with Crippen molar-refractivity contribution in [3.05, 3.63) is 36.2 Å². The molecule has 1 saturated carbocycles. The molecule has 0 amide bonds. The fourth-order valence-electron chi connectivity index (χ4n) is 3.11. The van der Waals surface area contributed by atoms with Crippen molar-refractivity contribution in [3.8, 4) is 11.1 Å². The van der Waals surface area contributed by atoms with Gasteiger partial charge in [-0.2, -0.15) is 5.10 Å². The van der Waals surface area contributed by atoms with Crippen molar-refractivity contribution in [1.29, 1.82) is 0 Å². The molecule has 0 spiro atoms. The number of carbonyl (C=O) groups excluding carboxylic acids is 1. The van der Waals surface area contributed by atoms with Gasteiger partial charge in [0.25, 0.3) is 0 Å². The molecule has 0 aliphatic heterocycles. The Morgan fingerprint density at radius 2 is 2.09 bits per heavy atom. The topological polar surface area (TPSA) is 70.1 Å². The molecule has 0 saturated heterocycles. The number of carbonyl (C=O) groups is 1. The number of esters is 1. The van der Waals surface area contributed by atoms with Crippen LogP contribution in [0.3, 0.4) is 0 Å². The van der Waals surface area contributed by atoms with E-state index in [-0.39, 0.29) is 5.97 Å². The Bertz CT molecular complexity index is 672. The second-order valence-electron chi connectivity index (χ2n) is 5.80. The Morgan fingerprint density at radius 1 is 1.32 bits per heavy atom. The summed E-state index contributed by atoms with van der Waals surface area (Å²) in [5, 5.41) is 4.50. The zero-order chi connectivity index (χ0) is 15.5. The van der Waals surface area contributed by atoms with Gasteiger partial charge in [-0.25, -0.2) is 4.79 Å². The van der Waals surface area contributed by atoms with Gasteiger partial charge in [0.1, 0.15) is 0 Å². The highest BCUT2D eigenvalue weighted by Gasteiger charge is 2.19. The van der Waals surface area contributed by atoms with Crippen LogP contribution in [0.4, 0.5) is 5.69 Å². The molecule has 2 aromatic rings. The highest BCUT2D eigenvalue weighted by molar-refractivity contribution is 5.98. The first kappa shape index (κ1) is 14.6. The third-order valence-electron chi connectivity index (χ3n) is 4.31. The van der Waals surface area contributed by atoms with E-state index in [0.717, 1.165) is 11.1 Å². The average molecular weight is 299 g/mol. The fraction of sp³-hybridized carbons (Fsp3) is 0.412. The lowest BCUT2D eigenvalue weighted by molar-refractivity contribution is 0.0601. The van der Waals surface area contributed by atoms with Gasteiger partial charge in [-0.3, -0.25) is 4.68 Å². The van der Waals surface area contributed by atoms with E-state index in [4.69, 9.17) is 10.5 Å². The van der Waals surface area contributed by atoms with Crippen LogP contribution in [0.15, 0.2) is 30.6 Å². The van der Waals surface area contributed by atoms with Gasteiger partial charge in [0.2, 0.25) is 0 Å². The first-order valence-corrected chi connectivity index (χ1v) is 7.71. The molecule has 1 aromatic heterocycles. The minimum atomic E-state index is -0.382. The fourth-order valence-corrected chi connectivity index (χ4v) is 3.11. The molecule has 0 bridgehead atoms. The summed E-state index contributed by atoms with van der Waals surface area (Å²) in [5.41, 5.74) is 8.54. The maximum atomic E-state index is 12.0. The Balaban J connectivity index is 1.94. The maximum Gasteiger partial charge on any atom is 0.338 e. The van der Waals surface area contributed by atoms with Crippen LogP contribution in [0.25, 0.3) is 11.1 Å². The second kappa shape index (κ2) is 6.22. The number of aromatic nitrogens is 2. The van der Waals surface area contributed by atoms with Gasteiger partial charge in [-0.15, -0.1) is 0 Å². The molecule has 2 N–H and O–H groups in total. The largest absolute Gasteiger partial charge is 0.465 e. The predicted octanol–water partition coefficient (Wildman–Crippen LogP) is 3.42. The van der Waals surface area contributed by atoms with Gasteiger partial charge in [-0.05, 0) is 30.5 Å². The Labute approximate surface area is 130 Å². The number of nitrogens with zero attached hydrogens (tertiary/aromatic N) is 2. The average Bonchev–Trinajstić information content (AvgIpc) is 3.04. The van der Waals surface area contributed by atoms with Crippen LogP contribution in [-0.4, -0.2) is 22.9 Å². The molecule has 1 fully saturated rings. The lowest BCUT2D eigenvalue weighted by Gasteiger charge is -2.21. The number of nitrogens with two attached hydrogens (primary N) is 1. The minimum Gasteiger partial charge on any atom is -0.465 e. The molecular weight excluding hydrogens is 278 g/mol. The highest BCUT2D eigenvalue weighted by Crippen LogP contribution is 2.31. The summed E-state index contributed by atoms with van der Waals surface area (Å²) in [6.45, 7) is 0. The van der Waals surface area contributed by atoms with Gasteiger partial charge in [0, 0.05) is 17.4 Å². The number of rotatable bonds is 3. The first-order valence-electron chi connectivity index (χ1n) is 7.71. The van der Waals surface area contributed by atoms with Crippen LogP contribution in [0, 0.1) is 0 Å². The summed E-state index contributed by atoms with van der Waals surface area (Å²) in [6.07, 6.45) is 10.0. The number of methoxy groups -OCH3 is 1. The smallest absolute Gasteiger partial charge is 0.338 e. The zero-order valence-electron chi connectivity index (χ0n) is 12.8. The maximum absolute atomic E-state index is 12.0. The third kappa shape index (κ3) is 2.84. The van der Waals surface area contributed by atoms with Crippen molar-refractivity contribution < 1.29 is 9.53 Å². The lowest BCUT2D eigenvalue weighted by Crippen LogP contribution is -2.12. The predicted molar refractivity (Wildman–Crippen MR) is 85.5 cm³/mol. The monoisotopic (exact) mass is 299 g/mol. The summed E-state index contributed by atoms with van der Waals surface area (Å²) >= 11 is 0. The van der Waals surface area contributed by atoms with E-state index in [1.807, 2.05) is 23.1 Å². The van der Waals surface area contributed by atoms with Crippen molar-refractivity contribution in [2.75, 3.05) is 12.8 Å².